The molecule has 0 bridgehead atoms. The summed E-state index contributed by atoms with van der Waals surface area (Å²) in [5.41, 5.74) is 3.84. The van der Waals surface area contributed by atoms with Crippen molar-refractivity contribution >= 4 is 28.1 Å². The van der Waals surface area contributed by atoms with Crippen LogP contribution in [0.4, 0.5) is 5.13 Å². The van der Waals surface area contributed by atoms with Gasteiger partial charge in [-0.15, -0.1) is 11.3 Å². The van der Waals surface area contributed by atoms with Crippen molar-refractivity contribution in [3.05, 3.63) is 39.9 Å². The van der Waals surface area contributed by atoms with Gasteiger partial charge in [0.05, 0.1) is 11.3 Å². The largest absolute Gasteiger partial charge is 0.507 e. The number of oxime groups is 1. The monoisotopic (exact) mass is 492 g/mol. The number of carbonyl (C=O) groups excluding carboxylic acids is 1. The second-order valence-corrected chi connectivity index (χ2v) is 11.8. The van der Waals surface area contributed by atoms with E-state index in [1.54, 1.807) is 19.4 Å². The Balaban J connectivity index is 1.40. The van der Waals surface area contributed by atoms with Crippen molar-refractivity contribution < 1.29 is 14.7 Å². The number of rotatable bonds is 5. The molecule has 184 valence electrons. The lowest BCUT2D eigenvalue weighted by Crippen LogP contribution is -2.44. The zero-order chi connectivity index (χ0) is 24.7. The smallest absolute Gasteiger partial charge is 0.226 e. The van der Waals surface area contributed by atoms with Crippen molar-refractivity contribution in [1.29, 1.82) is 5.26 Å². The van der Waals surface area contributed by atoms with Crippen LogP contribution in [0, 0.1) is 41.4 Å². The number of aromatic hydroxyl groups is 1. The number of amides is 1. The van der Waals surface area contributed by atoms with Crippen LogP contribution in [0.1, 0.15) is 72.9 Å². The molecule has 0 saturated heterocycles. The summed E-state index contributed by atoms with van der Waals surface area (Å²) < 4.78 is 0. The quantitative estimate of drug-likeness (QED) is 0.534. The van der Waals surface area contributed by atoms with Crippen molar-refractivity contribution in [2.75, 3.05) is 12.4 Å². The molecule has 1 aromatic carbocycles. The van der Waals surface area contributed by atoms with Crippen LogP contribution in [0.2, 0.25) is 0 Å². The minimum atomic E-state index is -0.0444. The summed E-state index contributed by atoms with van der Waals surface area (Å²) in [6.45, 7) is 4.31. The maximum absolute atomic E-state index is 12.7. The van der Waals surface area contributed by atoms with E-state index in [9.17, 15) is 15.2 Å². The van der Waals surface area contributed by atoms with Gasteiger partial charge in [-0.2, -0.15) is 5.26 Å². The molecule has 1 amide bonds. The lowest BCUT2D eigenvalue weighted by Gasteiger charge is -2.50. The first-order valence-corrected chi connectivity index (χ1v) is 13.2. The Morgan fingerprint density at radius 2 is 2.26 bits per heavy atom. The van der Waals surface area contributed by atoms with Crippen molar-refractivity contribution in [3.63, 3.8) is 0 Å². The number of nitrogens with one attached hydrogen (secondary N) is 1. The number of aromatic nitrogens is 1. The number of thiazole rings is 1. The number of benzene rings is 1. The Bertz CT molecular complexity index is 1220. The molecule has 1 heterocycles. The minimum Gasteiger partial charge on any atom is -0.507 e. The first-order valence-electron chi connectivity index (χ1n) is 12.4. The van der Waals surface area contributed by atoms with Gasteiger partial charge in [0.1, 0.15) is 18.9 Å². The summed E-state index contributed by atoms with van der Waals surface area (Å²) >= 11 is 1.49. The number of anilines is 1. The van der Waals surface area contributed by atoms with Crippen LogP contribution in [-0.4, -0.2) is 28.8 Å². The van der Waals surface area contributed by atoms with E-state index in [0.29, 0.717) is 40.8 Å². The Kier molecular flexibility index (Phi) is 6.30. The van der Waals surface area contributed by atoms with E-state index >= 15 is 0 Å². The number of aryl methyl sites for hydroxylation is 2. The number of phenolic OH excluding ortho intramolecular Hbond substituents is 1. The van der Waals surface area contributed by atoms with Crippen LogP contribution in [0.3, 0.4) is 0 Å². The standard InChI is InChI=1S/C27H32N4O3S/c1-15-14-29-26(35-15)30-24(33)7-5-17-12-23(31-34-3)27(2)9-8-19-20(25(17)27)6-4-16-11-22(32)18(13-28)10-21(16)19/h10-11,14,17,19-20,25,32H,4-9,12H2,1-3H3,(H,29,30,33)/b31-23+. The Labute approximate surface area is 210 Å². The van der Waals surface area contributed by atoms with Crippen LogP contribution in [0.5, 0.6) is 5.75 Å². The van der Waals surface area contributed by atoms with Crippen molar-refractivity contribution in [2.24, 2.45) is 28.3 Å². The number of hydrogen-bond acceptors (Lipinski definition) is 7. The van der Waals surface area contributed by atoms with Crippen LogP contribution in [-0.2, 0) is 16.1 Å². The maximum atomic E-state index is 12.7. The van der Waals surface area contributed by atoms with Gasteiger partial charge in [0, 0.05) is 22.9 Å². The van der Waals surface area contributed by atoms with Crippen molar-refractivity contribution in [2.45, 2.75) is 64.7 Å². The van der Waals surface area contributed by atoms with Gasteiger partial charge in [0.15, 0.2) is 5.13 Å². The van der Waals surface area contributed by atoms with Gasteiger partial charge < -0.3 is 15.3 Å². The fraction of sp³-hybridized carbons (Fsp3) is 0.556. The molecule has 5 unspecified atom stereocenters. The number of fused-ring (bicyclic) bond motifs is 5. The molecule has 3 aliphatic carbocycles. The summed E-state index contributed by atoms with van der Waals surface area (Å²) in [6, 6.07) is 5.86. The molecule has 0 radical (unpaired) electrons. The second kappa shape index (κ2) is 9.27. The molecule has 5 atom stereocenters. The van der Waals surface area contributed by atoms with Gasteiger partial charge in [-0.3, -0.25) is 4.79 Å². The van der Waals surface area contributed by atoms with E-state index < -0.39 is 0 Å². The maximum Gasteiger partial charge on any atom is 0.226 e. The van der Waals surface area contributed by atoms with Crippen molar-refractivity contribution in [1.82, 2.24) is 4.98 Å². The summed E-state index contributed by atoms with van der Waals surface area (Å²) in [6.07, 6.45) is 7.86. The molecule has 8 heteroatoms. The molecule has 3 aliphatic rings. The topological polar surface area (TPSA) is 108 Å². The van der Waals surface area contributed by atoms with E-state index in [1.807, 2.05) is 13.0 Å². The van der Waals surface area contributed by atoms with Gasteiger partial charge in [-0.1, -0.05) is 12.1 Å². The normalized spacial score (nSPS) is 30.2. The van der Waals surface area contributed by atoms with Crippen LogP contribution < -0.4 is 5.32 Å². The van der Waals surface area contributed by atoms with Crippen molar-refractivity contribution in [3.8, 4) is 11.8 Å². The molecule has 2 aromatic rings. The summed E-state index contributed by atoms with van der Waals surface area (Å²) in [5.74, 6) is 1.66. The molecular formula is C27H32N4O3S. The first-order chi connectivity index (χ1) is 16.8. The summed E-state index contributed by atoms with van der Waals surface area (Å²) in [4.78, 5) is 23.3. The van der Waals surface area contributed by atoms with Crippen LogP contribution >= 0.6 is 11.3 Å². The van der Waals surface area contributed by atoms with E-state index in [0.717, 1.165) is 49.1 Å². The predicted molar refractivity (Wildman–Crippen MR) is 135 cm³/mol. The highest BCUT2D eigenvalue weighted by Crippen LogP contribution is 2.62. The summed E-state index contributed by atoms with van der Waals surface area (Å²) in [5, 5.41) is 27.8. The molecular weight excluding hydrogens is 460 g/mol. The number of hydrogen-bond donors (Lipinski definition) is 2. The third kappa shape index (κ3) is 4.20. The fourth-order valence-corrected chi connectivity index (χ4v) is 7.89. The van der Waals surface area contributed by atoms with E-state index in [-0.39, 0.29) is 17.1 Å². The van der Waals surface area contributed by atoms with Gasteiger partial charge in [-0.05, 0) is 92.4 Å². The molecule has 2 N–H and O–H groups in total. The molecule has 1 aromatic heterocycles. The van der Waals surface area contributed by atoms with Crippen LogP contribution in [0.25, 0.3) is 0 Å². The van der Waals surface area contributed by atoms with Gasteiger partial charge in [0.25, 0.3) is 0 Å². The van der Waals surface area contributed by atoms with Crippen LogP contribution in [0.15, 0.2) is 23.5 Å². The molecule has 35 heavy (non-hydrogen) atoms. The van der Waals surface area contributed by atoms with Gasteiger partial charge >= 0.3 is 0 Å². The lowest BCUT2D eigenvalue weighted by molar-refractivity contribution is -0.116. The third-order valence-electron chi connectivity index (χ3n) is 8.65. The highest BCUT2D eigenvalue weighted by molar-refractivity contribution is 7.15. The predicted octanol–water partition coefficient (Wildman–Crippen LogP) is 5.53. The van der Waals surface area contributed by atoms with E-state index in [1.165, 1.54) is 22.5 Å². The van der Waals surface area contributed by atoms with Gasteiger partial charge in [-0.25, -0.2) is 4.98 Å². The molecule has 5 rings (SSSR count). The molecule has 2 fully saturated rings. The average Bonchev–Trinajstić information content (AvgIpc) is 3.37. The first kappa shape index (κ1) is 23.8. The van der Waals surface area contributed by atoms with E-state index in [4.69, 9.17) is 4.84 Å². The Morgan fingerprint density at radius 3 is 2.97 bits per heavy atom. The highest BCUT2D eigenvalue weighted by atomic mass is 32.1. The number of nitrogens with zero attached hydrogens (tertiary/aromatic N) is 3. The Hall–Kier alpha value is -2.92. The number of phenols is 1. The average molecular weight is 493 g/mol. The lowest BCUT2D eigenvalue weighted by atomic mass is 9.54. The SMILES string of the molecule is CO/N=C1\CC(CCC(=O)Nc2ncc(C)s2)C2C3CCc4cc(O)c(C#N)cc4C3CCC12C. The zero-order valence-corrected chi connectivity index (χ0v) is 21.3. The molecule has 0 spiro atoms. The second-order valence-electron chi connectivity index (χ2n) is 10.5. The molecule has 0 aliphatic heterocycles. The third-order valence-corrected chi connectivity index (χ3v) is 9.48. The van der Waals surface area contributed by atoms with E-state index in [2.05, 4.69) is 28.4 Å². The van der Waals surface area contributed by atoms with Gasteiger partial charge in [0.2, 0.25) is 5.91 Å². The molecule has 2 saturated carbocycles. The molecule has 7 nitrogen and oxygen atoms in total. The Morgan fingerprint density at radius 1 is 1.43 bits per heavy atom. The fourth-order valence-electron chi connectivity index (χ4n) is 7.21. The summed E-state index contributed by atoms with van der Waals surface area (Å²) in [7, 11) is 1.61. The zero-order valence-electron chi connectivity index (χ0n) is 20.5. The minimum absolute atomic E-state index is 0.00803. The number of nitriles is 1. The highest BCUT2D eigenvalue weighted by Gasteiger charge is 2.57. The number of carbonyl (C=O) groups is 1.